The number of thiazole rings is 1. The Morgan fingerprint density at radius 3 is 2.96 bits per heavy atom. The number of anilines is 2. The first-order valence-corrected chi connectivity index (χ1v) is 9.08. The average molecular weight is 344 g/mol. The summed E-state index contributed by atoms with van der Waals surface area (Å²) in [4.78, 5) is 30.0. The maximum Gasteiger partial charge on any atom is 0.228 e. The van der Waals surface area contributed by atoms with E-state index in [1.165, 1.54) is 0 Å². The Morgan fingerprint density at radius 1 is 1.33 bits per heavy atom. The zero-order chi connectivity index (χ0) is 16.7. The molecule has 126 valence electrons. The third kappa shape index (κ3) is 2.82. The summed E-state index contributed by atoms with van der Waals surface area (Å²) in [6, 6.07) is 1.99. The minimum absolute atomic E-state index is 0.0129. The number of aromatic nitrogens is 3. The third-order valence-corrected chi connectivity index (χ3v) is 5.41. The second kappa shape index (κ2) is 6.01. The van der Waals surface area contributed by atoms with E-state index in [9.17, 15) is 4.79 Å². The number of carbonyl (C=O) groups excluding carboxylic acids is 1. The van der Waals surface area contributed by atoms with Crippen molar-refractivity contribution in [3.8, 4) is 0 Å². The summed E-state index contributed by atoms with van der Waals surface area (Å²) in [5, 5.41) is 2.01. The molecule has 0 aliphatic carbocycles. The lowest BCUT2D eigenvalue weighted by Gasteiger charge is -2.35. The van der Waals surface area contributed by atoms with E-state index in [4.69, 9.17) is 5.73 Å². The number of nitrogen functional groups attached to an aromatic ring is 1. The van der Waals surface area contributed by atoms with E-state index in [1.807, 2.05) is 22.7 Å². The minimum Gasteiger partial charge on any atom is -0.384 e. The molecule has 0 saturated carbocycles. The smallest absolute Gasteiger partial charge is 0.228 e. The van der Waals surface area contributed by atoms with Crippen molar-refractivity contribution >= 4 is 28.9 Å². The topological polar surface area (TPSA) is 88.2 Å². The van der Waals surface area contributed by atoms with Gasteiger partial charge in [-0.15, -0.1) is 11.3 Å². The Kier molecular flexibility index (Phi) is 3.84. The van der Waals surface area contributed by atoms with Crippen LogP contribution in [0, 0.1) is 12.8 Å². The molecule has 2 aromatic heterocycles. The fourth-order valence-electron chi connectivity index (χ4n) is 3.66. The lowest BCUT2D eigenvalue weighted by Crippen LogP contribution is -2.47. The van der Waals surface area contributed by atoms with Gasteiger partial charge in [-0.3, -0.25) is 4.79 Å². The number of piperidine rings is 1. The molecule has 0 radical (unpaired) electrons. The van der Waals surface area contributed by atoms with Crippen molar-refractivity contribution in [3.05, 3.63) is 28.5 Å². The van der Waals surface area contributed by atoms with Gasteiger partial charge in [0.15, 0.2) is 0 Å². The van der Waals surface area contributed by atoms with Crippen molar-refractivity contribution in [1.29, 1.82) is 0 Å². The average Bonchev–Trinajstić information content (AvgIpc) is 2.90. The van der Waals surface area contributed by atoms with Crippen LogP contribution in [-0.2, 0) is 11.3 Å². The van der Waals surface area contributed by atoms with Gasteiger partial charge in [0.2, 0.25) is 5.91 Å². The van der Waals surface area contributed by atoms with Crippen LogP contribution in [0.4, 0.5) is 11.6 Å². The van der Waals surface area contributed by atoms with Crippen molar-refractivity contribution in [2.24, 2.45) is 5.92 Å². The first-order valence-electron chi connectivity index (χ1n) is 8.14. The lowest BCUT2D eigenvalue weighted by atomic mass is 9.94. The molecule has 2 bridgehead atoms. The molecule has 3 saturated heterocycles. The van der Waals surface area contributed by atoms with Crippen molar-refractivity contribution in [2.45, 2.75) is 32.4 Å². The molecule has 3 aliphatic heterocycles. The highest BCUT2D eigenvalue weighted by Gasteiger charge is 2.41. The van der Waals surface area contributed by atoms with Gasteiger partial charge in [-0.1, -0.05) is 0 Å². The standard InChI is InChI=1S/C16H20N6OS/c1-10-19-14(17)4-15(20-10)21-5-11-2-3-13(7-21)22(16(11)23)6-12-8-24-9-18-12/h4,8-9,11,13H,2-3,5-7H2,1H3,(H2,17,19,20)/t11-,13+/m1/s1. The molecule has 0 unspecified atom stereocenters. The van der Waals surface area contributed by atoms with Gasteiger partial charge in [-0.05, 0) is 19.8 Å². The van der Waals surface area contributed by atoms with E-state index >= 15 is 0 Å². The number of nitrogens with zero attached hydrogens (tertiary/aromatic N) is 5. The van der Waals surface area contributed by atoms with Crippen LogP contribution < -0.4 is 10.6 Å². The van der Waals surface area contributed by atoms with E-state index in [0.717, 1.165) is 30.9 Å². The number of hydrogen-bond donors (Lipinski definition) is 1. The highest BCUT2D eigenvalue weighted by atomic mass is 32.1. The normalized spacial score (nSPS) is 23.6. The van der Waals surface area contributed by atoms with Gasteiger partial charge in [-0.25, -0.2) is 15.0 Å². The number of hydrogen-bond acceptors (Lipinski definition) is 7. The Morgan fingerprint density at radius 2 is 2.21 bits per heavy atom. The van der Waals surface area contributed by atoms with E-state index in [-0.39, 0.29) is 17.9 Å². The molecular weight excluding hydrogens is 324 g/mol. The van der Waals surface area contributed by atoms with Crippen molar-refractivity contribution in [3.63, 3.8) is 0 Å². The summed E-state index contributed by atoms with van der Waals surface area (Å²) in [5.41, 5.74) is 8.65. The molecule has 2 N–H and O–H groups in total. The summed E-state index contributed by atoms with van der Waals surface area (Å²) >= 11 is 1.56. The summed E-state index contributed by atoms with van der Waals surface area (Å²) in [6.07, 6.45) is 1.96. The monoisotopic (exact) mass is 344 g/mol. The molecule has 5 rings (SSSR count). The van der Waals surface area contributed by atoms with Crippen molar-refractivity contribution in [2.75, 3.05) is 23.7 Å². The van der Waals surface area contributed by atoms with Gasteiger partial charge in [0.05, 0.1) is 23.7 Å². The number of amides is 1. The number of carbonyl (C=O) groups is 1. The Hall–Kier alpha value is -2.22. The van der Waals surface area contributed by atoms with Gasteiger partial charge in [0.1, 0.15) is 17.5 Å². The molecule has 3 fully saturated rings. The molecule has 3 aliphatic rings. The number of rotatable bonds is 3. The van der Waals surface area contributed by atoms with Crippen molar-refractivity contribution in [1.82, 2.24) is 19.9 Å². The van der Waals surface area contributed by atoms with Crippen LogP contribution in [0.3, 0.4) is 0 Å². The van der Waals surface area contributed by atoms with E-state index < -0.39 is 0 Å². The Bertz CT molecular complexity index is 729. The van der Waals surface area contributed by atoms with Crippen LogP contribution in [0.5, 0.6) is 0 Å². The van der Waals surface area contributed by atoms with Crippen LogP contribution in [0.25, 0.3) is 0 Å². The number of fused-ring (bicyclic) bond motifs is 4. The first-order chi connectivity index (χ1) is 11.6. The van der Waals surface area contributed by atoms with Gasteiger partial charge in [0.25, 0.3) is 0 Å². The lowest BCUT2D eigenvalue weighted by molar-refractivity contribution is -0.140. The van der Waals surface area contributed by atoms with E-state index in [0.29, 0.717) is 24.7 Å². The molecular formula is C16H20N6OS. The molecule has 7 nitrogen and oxygen atoms in total. The van der Waals surface area contributed by atoms with Gasteiger partial charge in [0, 0.05) is 30.6 Å². The van der Waals surface area contributed by atoms with Crippen LogP contribution >= 0.6 is 11.3 Å². The summed E-state index contributed by atoms with van der Waals surface area (Å²) in [7, 11) is 0. The van der Waals surface area contributed by atoms with Crippen LogP contribution in [-0.4, -0.2) is 44.9 Å². The molecule has 0 aromatic carbocycles. The Balaban J connectivity index is 1.60. The number of nitrogens with two attached hydrogens (primary N) is 1. The van der Waals surface area contributed by atoms with Gasteiger partial charge in [-0.2, -0.15) is 0 Å². The molecule has 2 aromatic rings. The molecule has 0 spiro atoms. The van der Waals surface area contributed by atoms with Crippen molar-refractivity contribution < 1.29 is 4.79 Å². The second-order valence-corrected chi connectivity index (χ2v) is 7.20. The zero-order valence-corrected chi connectivity index (χ0v) is 14.4. The van der Waals surface area contributed by atoms with E-state index in [1.54, 1.807) is 17.4 Å². The highest BCUT2D eigenvalue weighted by molar-refractivity contribution is 7.07. The van der Waals surface area contributed by atoms with Gasteiger partial charge < -0.3 is 15.5 Å². The quantitative estimate of drug-likeness (QED) is 0.907. The fourth-order valence-corrected chi connectivity index (χ4v) is 4.21. The summed E-state index contributed by atoms with van der Waals surface area (Å²) < 4.78 is 0. The summed E-state index contributed by atoms with van der Waals surface area (Å²) in [6.45, 7) is 3.91. The van der Waals surface area contributed by atoms with Crippen LogP contribution in [0.1, 0.15) is 24.4 Å². The molecule has 8 heteroatoms. The predicted octanol–water partition coefficient (Wildman–Crippen LogP) is 1.45. The second-order valence-electron chi connectivity index (χ2n) is 6.48. The maximum atomic E-state index is 12.9. The van der Waals surface area contributed by atoms with Crippen LogP contribution in [0.2, 0.25) is 0 Å². The molecule has 2 atom stereocenters. The Labute approximate surface area is 144 Å². The first kappa shape index (κ1) is 15.3. The zero-order valence-electron chi connectivity index (χ0n) is 13.6. The summed E-state index contributed by atoms with van der Waals surface area (Å²) in [5.74, 6) is 2.20. The SMILES string of the molecule is Cc1nc(N)cc(N2C[C@H]3CC[C@@H](C2)N(Cc2cscn2)C3=O)n1. The van der Waals surface area contributed by atoms with Crippen LogP contribution in [0.15, 0.2) is 17.0 Å². The minimum atomic E-state index is 0.0129. The molecule has 1 amide bonds. The molecule has 24 heavy (non-hydrogen) atoms. The largest absolute Gasteiger partial charge is 0.384 e. The fraction of sp³-hybridized carbons (Fsp3) is 0.500. The van der Waals surface area contributed by atoms with E-state index in [2.05, 4.69) is 19.9 Å². The van der Waals surface area contributed by atoms with Gasteiger partial charge >= 0.3 is 0 Å². The maximum absolute atomic E-state index is 12.9. The predicted molar refractivity (Wildman–Crippen MR) is 92.6 cm³/mol. The highest BCUT2D eigenvalue weighted by Crippen LogP contribution is 2.32. The third-order valence-electron chi connectivity index (χ3n) is 4.78. The number of aryl methyl sites for hydroxylation is 1. The molecule has 5 heterocycles.